The van der Waals surface area contributed by atoms with Gasteiger partial charge in [0.15, 0.2) is 0 Å². The molecular formula is C16H32N2. The maximum absolute atomic E-state index is 3.44. The first-order valence-electron chi connectivity index (χ1n) is 7.92. The second-order valence-electron chi connectivity index (χ2n) is 7.49. The number of likely N-dealkylation sites (tertiary alicyclic amines) is 1. The molecule has 1 saturated heterocycles. The Labute approximate surface area is 114 Å². The third kappa shape index (κ3) is 3.48. The van der Waals surface area contributed by atoms with E-state index in [0.717, 1.165) is 18.0 Å². The van der Waals surface area contributed by atoms with Crippen molar-refractivity contribution in [2.75, 3.05) is 20.1 Å². The Morgan fingerprint density at radius 2 is 1.78 bits per heavy atom. The largest absolute Gasteiger partial charge is 0.316 e. The van der Waals surface area contributed by atoms with Crippen LogP contribution < -0.4 is 5.32 Å². The first-order chi connectivity index (χ1) is 8.50. The molecule has 0 spiro atoms. The van der Waals surface area contributed by atoms with Crippen LogP contribution in [0.1, 0.15) is 59.3 Å². The number of rotatable bonds is 2. The molecule has 2 nitrogen and oxygen atoms in total. The summed E-state index contributed by atoms with van der Waals surface area (Å²) in [5.41, 5.74) is 0.507. The molecule has 0 aromatic carbocycles. The number of hydrogen-bond acceptors (Lipinski definition) is 2. The SMILES string of the molecule is CNC1CCN(C2CCCC(C(C)(C)C)CC2)C1. The van der Waals surface area contributed by atoms with Crippen molar-refractivity contribution in [1.82, 2.24) is 10.2 Å². The zero-order valence-electron chi connectivity index (χ0n) is 12.8. The van der Waals surface area contributed by atoms with Crippen molar-refractivity contribution in [3.63, 3.8) is 0 Å². The molecule has 3 unspecified atom stereocenters. The molecule has 0 aromatic heterocycles. The fraction of sp³-hybridized carbons (Fsp3) is 1.00. The summed E-state index contributed by atoms with van der Waals surface area (Å²) in [6.07, 6.45) is 8.53. The lowest BCUT2D eigenvalue weighted by atomic mass is 9.76. The van der Waals surface area contributed by atoms with Gasteiger partial charge in [-0.05, 0) is 50.5 Å². The number of hydrogen-bond donors (Lipinski definition) is 1. The molecule has 0 amide bonds. The molecule has 2 aliphatic rings. The predicted octanol–water partition coefficient (Wildman–Crippen LogP) is 3.28. The maximum atomic E-state index is 3.44. The molecule has 1 heterocycles. The summed E-state index contributed by atoms with van der Waals surface area (Å²) in [4.78, 5) is 2.76. The van der Waals surface area contributed by atoms with E-state index in [1.165, 1.54) is 51.6 Å². The van der Waals surface area contributed by atoms with Crippen molar-refractivity contribution >= 4 is 0 Å². The Bertz CT molecular complexity index is 256. The van der Waals surface area contributed by atoms with Crippen molar-refractivity contribution in [1.29, 1.82) is 0 Å². The van der Waals surface area contributed by atoms with Crippen LogP contribution in [-0.4, -0.2) is 37.1 Å². The van der Waals surface area contributed by atoms with E-state index in [4.69, 9.17) is 0 Å². The van der Waals surface area contributed by atoms with E-state index >= 15 is 0 Å². The van der Waals surface area contributed by atoms with Gasteiger partial charge in [0.25, 0.3) is 0 Å². The fourth-order valence-electron chi connectivity index (χ4n) is 3.87. The summed E-state index contributed by atoms with van der Waals surface area (Å²) < 4.78 is 0. The lowest BCUT2D eigenvalue weighted by Crippen LogP contribution is -2.36. The van der Waals surface area contributed by atoms with Crippen molar-refractivity contribution in [3.8, 4) is 0 Å². The van der Waals surface area contributed by atoms with Gasteiger partial charge >= 0.3 is 0 Å². The van der Waals surface area contributed by atoms with Gasteiger partial charge in [0.05, 0.1) is 0 Å². The summed E-state index contributed by atoms with van der Waals surface area (Å²) in [5.74, 6) is 0.935. The Morgan fingerprint density at radius 3 is 2.39 bits per heavy atom. The van der Waals surface area contributed by atoms with Crippen LogP contribution in [0.15, 0.2) is 0 Å². The molecule has 3 atom stereocenters. The Morgan fingerprint density at radius 1 is 1.00 bits per heavy atom. The monoisotopic (exact) mass is 252 g/mol. The van der Waals surface area contributed by atoms with Crippen molar-refractivity contribution in [2.24, 2.45) is 11.3 Å². The Balaban J connectivity index is 1.86. The van der Waals surface area contributed by atoms with Gasteiger partial charge in [-0.1, -0.05) is 27.2 Å². The van der Waals surface area contributed by atoms with Crippen LogP contribution in [0.25, 0.3) is 0 Å². The average molecular weight is 252 g/mol. The summed E-state index contributed by atoms with van der Waals surface area (Å²) >= 11 is 0. The molecule has 0 radical (unpaired) electrons. The van der Waals surface area contributed by atoms with E-state index < -0.39 is 0 Å². The summed E-state index contributed by atoms with van der Waals surface area (Å²) in [7, 11) is 2.11. The van der Waals surface area contributed by atoms with Gasteiger partial charge in [-0.15, -0.1) is 0 Å². The Kier molecular flexibility index (Phi) is 4.71. The van der Waals surface area contributed by atoms with E-state index in [1.54, 1.807) is 0 Å². The summed E-state index contributed by atoms with van der Waals surface area (Å²) in [6.45, 7) is 9.86. The van der Waals surface area contributed by atoms with Gasteiger partial charge < -0.3 is 5.32 Å². The molecule has 106 valence electrons. The third-order valence-electron chi connectivity index (χ3n) is 5.31. The highest BCUT2D eigenvalue weighted by molar-refractivity contribution is 4.87. The highest BCUT2D eigenvalue weighted by atomic mass is 15.2. The number of likely N-dealkylation sites (N-methyl/N-ethyl adjacent to an activating group) is 1. The van der Waals surface area contributed by atoms with Gasteiger partial charge in [-0.2, -0.15) is 0 Å². The van der Waals surface area contributed by atoms with Crippen LogP contribution in [0.2, 0.25) is 0 Å². The second-order valence-corrected chi connectivity index (χ2v) is 7.49. The van der Waals surface area contributed by atoms with Crippen LogP contribution in [0.5, 0.6) is 0 Å². The maximum Gasteiger partial charge on any atom is 0.0204 e. The van der Waals surface area contributed by atoms with Crippen LogP contribution in [-0.2, 0) is 0 Å². The summed E-state index contributed by atoms with van der Waals surface area (Å²) in [6, 6.07) is 1.61. The molecule has 2 rings (SSSR count). The molecular weight excluding hydrogens is 220 g/mol. The topological polar surface area (TPSA) is 15.3 Å². The number of nitrogens with zero attached hydrogens (tertiary/aromatic N) is 1. The van der Waals surface area contributed by atoms with Crippen molar-refractivity contribution in [3.05, 3.63) is 0 Å². The zero-order valence-corrected chi connectivity index (χ0v) is 12.8. The lowest BCUT2D eigenvalue weighted by molar-refractivity contribution is 0.193. The smallest absolute Gasteiger partial charge is 0.0204 e. The normalized spacial score (nSPS) is 35.7. The van der Waals surface area contributed by atoms with Gasteiger partial charge in [0.2, 0.25) is 0 Å². The molecule has 0 aromatic rings. The second kappa shape index (κ2) is 5.92. The van der Waals surface area contributed by atoms with E-state index in [9.17, 15) is 0 Å². The van der Waals surface area contributed by atoms with Crippen LogP contribution in [0.3, 0.4) is 0 Å². The lowest BCUT2D eigenvalue weighted by Gasteiger charge is -2.30. The van der Waals surface area contributed by atoms with Gasteiger partial charge in [0, 0.05) is 25.2 Å². The van der Waals surface area contributed by atoms with Crippen LogP contribution >= 0.6 is 0 Å². The molecule has 0 bridgehead atoms. The molecule has 1 N–H and O–H groups in total. The third-order valence-corrected chi connectivity index (χ3v) is 5.31. The van der Waals surface area contributed by atoms with E-state index in [1.807, 2.05) is 0 Å². The van der Waals surface area contributed by atoms with E-state index in [-0.39, 0.29) is 0 Å². The van der Waals surface area contributed by atoms with E-state index in [0.29, 0.717) is 5.41 Å². The first kappa shape index (κ1) is 14.3. The fourth-order valence-corrected chi connectivity index (χ4v) is 3.87. The number of nitrogens with one attached hydrogen (secondary N) is 1. The van der Waals surface area contributed by atoms with Crippen LogP contribution in [0, 0.1) is 11.3 Å². The highest BCUT2D eigenvalue weighted by Crippen LogP contribution is 2.38. The van der Waals surface area contributed by atoms with Crippen molar-refractivity contribution in [2.45, 2.75) is 71.4 Å². The van der Waals surface area contributed by atoms with Gasteiger partial charge in [0.1, 0.15) is 0 Å². The molecule has 2 fully saturated rings. The minimum atomic E-state index is 0.507. The standard InChI is InChI=1S/C16H32N2/c1-16(2,3)13-6-5-7-15(9-8-13)18-11-10-14(12-18)17-4/h13-15,17H,5-12H2,1-4H3. The Hall–Kier alpha value is -0.0800. The molecule has 18 heavy (non-hydrogen) atoms. The average Bonchev–Trinajstić information content (AvgIpc) is 2.64. The van der Waals surface area contributed by atoms with Gasteiger partial charge in [-0.3, -0.25) is 4.90 Å². The minimum Gasteiger partial charge on any atom is -0.316 e. The quantitative estimate of drug-likeness (QED) is 0.759. The first-order valence-corrected chi connectivity index (χ1v) is 7.92. The van der Waals surface area contributed by atoms with Gasteiger partial charge in [-0.25, -0.2) is 0 Å². The van der Waals surface area contributed by atoms with E-state index in [2.05, 4.69) is 38.0 Å². The van der Waals surface area contributed by atoms with Crippen LogP contribution in [0.4, 0.5) is 0 Å². The molecule has 1 aliphatic carbocycles. The minimum absolute atomic E-state index is 0.507. The predicted molar refractivity (Wildman–Crippen MR) is 78.9 cm³/mol. The zero-order chi connectivity index (χ0) is 13.2. The molecule has 1 aliphatic heterocycles. The molecule has 2 heteroatoms. The van der Waals surface area contributed by atoms with Crippen molar-refractivity contribution < 1.29 is 0 Å². The summed E-state index contributed by atoms with van der Waals surface area (Å²) in [5, 5.41) is 3.44. The highest BCUT2D eigenvalue weighted by Gasteiger charge is 2.32. The molecule has 1 saturated carbocycles.